The molecule has 0 radical (unpaired) electrons. The number of hydrogen-bond donors (Lipinski definition) is 1. The SMILES string of the molecule is Cc1cc2cnc(NC3CCN(S(C)(=O)=O)CC3)nc2c(C2CC(OC(=O)c3ccccc3)(C(F)F)C2)n1. The van der Waals surface area contributed by atoms with Crippen LogP contribution < -0.4 is 5.32 Å². The maximum atomic E-state index is 14.1. The fourth-order valence-corrected chi connectivity index (χ4v) is 6.04. The van der Waals surface area contributed by atoms with E-state index in [4.69, 9.17) is 4.74 Å². The van der Waals surface area contributed by atoms with Gasteiger partial charge < -0.3 is 10.1 Å². The molecule has 5 rings (SSSR count). The molecule has 0 unspecified atom stereocenters. The van der Waals surface area contributed by atoms with Crippen molar-refractivity contribution in [1.82, 2.24) is 19.3 Å². The smallest absolute Gasteiger partial charge is 0.338 e. The first-order valence-corrected chi connectivity index (χ1v) is 14.3. The Morgan fingerprint density at radius 2 is 1.84 bits per heavy atom. The zero-order chi connectivity index (χ0) is 27.1. The second-order valence-electron chi connectivity index (χ2n) is 10.1. The summed E-state index contributed by atoms with van der Waals surface area (Å²) in [5.41, 5.74) is 0.187. The number of nitrogens with zero attached hydrogens (tertiary/aromatic N) is 4. The maximum absolute atomic E-state index is 14.1. The van der Waals surface area contributed by atoms with Crippen LogP contribution >= 0.6 is 0 Å². The highest BCUT2D eigenvalue weighted by atomic mass is 32.2. The van der Waals surface area contributed by atoms with Crippen molar-refractivity contribution in [3.8, 4) is 0 Å². The highest BCUT2D eigenvalue weighted by molar-refractivity contribution is 7.88. The van der Waals surface area contributed by atoms with E-state index in [0.29, 0.717) is 48.8 Å². The van der Waals surface area contributed by atoms with Gasteiger partial charge in [0.1, 0.15) is 0 Å². The zero-order valence-electron chi connectivity index (χ0n) is 21.1. The molecule has 0 bridgehead atoms. The molecule has 1 saturated carbocycles. The molecule has 3 aromatic rings. The van der Waals surface area contributed by atoms with Crippen LogP contribution in [-0.2, 0) is 14.8 Å². The van der Waals surface area contributed by atoms with Crippen LogP contribution in [0.25, 0.3) is 10.9 Å². The van der Waals surface area contributed by atoms with Gasteiger partial charge in [-0.3, -0.25) is 4.98 Å². The third-order valence-corrected chi connectivity index (χ3v) is 8.55. The van der Waals surface area contributed by atoms with Gasteiger partial charge >= 0.3 is 5.97 Å². The second-order valence-corrected chi connectivity index (χ2v) is 12.1. The molecule has 0 atom stereocenters. The quantitative estimate of drug-likeness (QED) is 0.445. The van der Waals surface area contributed by atoms with Crippen molar-refractivity contribution in [2.75, 3.05) is 24.7 Å². The number of fused-ring (bicyclic) bond motifs is 1. The highest BCUT2D eigenvalue weighted by Crippen LogP contribution is 2.51. The predicted molar refractivity (Wildman–Crippen MR) is 138 cm³/mol. The second kappa shape index (κ2) is 10.1. The van der Waals surface area contributed by atoms with Gasteiger partial charge in [-0.1, -0.05) is 18.2 Å². The van der Waals surface area contributed by atoms with E-state index >= 15 is 0 Å². The van der Waals surface area contributed by atoms with Crippen LogP contribution in [0.4, 0.5) is 14.7 Å². The molecule has 1 aromatic carbocycles. The number of benzene rings is 1. The Balaban J connectivity index is 1.34. The Labute approximate surface area is 219 Å². The molecule has 38 heavy (non-hydrogen) atoms. The Hall–Kier alpha value is -3.25. The first-order chi connectivity index (χ1) is 18.0. The normalized spacial score (nSPS) is 22.8. The lowest BCUT2D eigenvalue weighted by molar-refractivity contribution is -0.158. The third-order valence-electron chi connectivity index (χ3n) is 7.25. The van der Waals surface area contributed by atoms with E-state index in [0.717, 1.165) is 5.39 Å². The van der Waals surface area contributed by atoms with E-state index < -0.39 is 28.0 Å². The molecule has 12 heteroatoms. The number of carbonyl (C=O) groups excluding carboxylic acids is 1. The van der Waals surface area contributed by atoms with Gasteiger partial charge in [-0.15, -0.1) is 0 Å². The number of rotatable bonds is 7. The molecule has 1 saturated heterocycles. The Morgan fingerprint density at radius 3 is 2.47 bits per heavy atom. The summed E-state index contributed by atoms with van der Waals surface area (Å²) in [4.78, 5) is 26.3. The van der Waals surface area contributed by atoms with Crippen molar-refractivity contribution in [2.24, 2.45) is 0 Å². The molecular formula is C26H29F2N5O4S. The van der Waals surface area contributed by atoms with Gasteiger partial charge in [-0.25, -0.2) is 36.3 Å². The number of alkyl halides is 2. The molecule has 2 aliphatic rings. The van der Waals surface area contributed by atoms with Crippen molar-refractivity contribution in [3.05, 3.63) is 59.5 Å². The summed E-state index contributed by atoms with van der Waals surface area (Å²) in [5, 5.41) is 4.02. The topological polar surface area (TPSA) is 114 Å². The van der Waals surface area contributed by atoms with E-state index in [1.165, 1.54) is 22.7 Å². The van der Waals surface area contributed by atoms with E-state index in [2.05, 4.69) is 20.3 Å². The summed E-state index contributed by atoms with van der Waals surface area (Å²) in [6, 6.07) is 9.93. The molecule has 1 aliphatic heterocycles. The number of aromatic nitrogens is 3. The fraction of sp³-hybridized carbons (Fsp3) is 0.462. The van der Waals surface area contributed by atoms with Crippen molar-refractivity contribution in [3.63, 3.8) is 0 Å². The highest BCUT2D eigenvalue weighted by Gasteiger charge is 2.56. The number of halogens is 2. The summed E-state index contributed by atoms with van der Waals surface area (Å²) >= 11 is 0. The van der Waals surface area contributed by atoms with Crippen molar-refractivity contribution in [1.29, 1.82) is 0 Å². The molecule has 1 aliphatic carbocycles. The van der Waals surface area contributed by atoms with Gasteiger partial charge in [-0.05, 0) is 38.0 Å². The third kappa shape index (κ3) is 5.32. The van der Waals surface area contributed by atoms with Gasteiger partial charge in [-0.2, -0.15) is 0 Å². The van der Waals surface area contributed by atoms with Gasteiger partial charge in [0, 0.05) is 55.2 Å². The van der Waals surface area contributed by atoms with Crippen LogP contribution in [-0.4, -0.2) is 71.1 Å². The van der Waals surface area contributed by atoms with Crippen LogP contribution in [0, 0.1) is 6.92 Å². The van der Waals surface area contributed by atoms with E-state index in [9.17, 15) is 22.0 Å². The minimum Gasteiger partial charge on any atom is -0.449 e. The predicted octanol–water partition coefficient (Wildman–Crippen LogP) is 3.91. The molecular weight excluding hydrogens is 516 g/mol. The Bertz CT molecular complexity index is 1440. The number of nitrogens with one attached hydrogen (secondary N) is 1. The minimum absolute atomic E-state index is 0.0000995. The maximum Gasteiger partial charge on any atom is 0.338 e. The summed E-state index contributed by atoms with van der Waals surface area (Å²) < 4.78 is 58.7. The molecule has 2 aromatic heterocycles. The lowest BCUT2D eigenvalue weighted by Gasteiger charge is -2.45. The van der Waals surface area contributed by atoms with Crippen LogP contribution in [0.2, 0.25) is 0 Å². The molecule has 3 heterocycles. The monoisotopic (exact) mass is 545 g/mol. The van der Waals surface area contributed by atoms with Gasteiger partial charge in [0.05, 0.1) is 23.0 Å². The number of hydrogen-bond acceptors (Lipinski definition) is 8. The summed E-state index contributed by atoms with van der Waals surface area (Å²) in [6.07, 6.45) is 1.13. The zero-order valence-corrected chi connectivity index (χ0v) is 21.9. The fourth-order valence-electron chi connectivity index (χ4n) is 5.16. The first kappa shape index (κ1) is 26.4. The average molecular weight is 546 g/mol. The summed E-state index contributed by atoms with van der Waals surface area (Å²) in [7, 11) is -3.22. The van der Waals surface area contributed by atoms with Crippen LogP contribution in [0.1, 0.15) is 53.3 Å². The molecule has 9 nitrogen and oxygen atoms in total. The van der Waals surface area contributed by atoms with Crippen molar-refractivity contribution < 1.29 is 26.7 Å². The van der Waals surface area contributed by atoms with E-state index in [1.54, 1.807) is 24.4 Å². The van der Waals surface area contributed by atoms with Crippen LogP contribution in [0.5, 0.6) is 0 Å². The summed E-state index contributed by atoms with van der Waals surface area (Å²) in [5.74, 6) is -0.768. The molecule has 0 spiro atoms. The van der Waals surface area contributed by atoms with E-state index in [-0.39, 0.29) is 30.4 Å². The molecule has 202 valence electrons. The molecule has 2 fully saturated rings. The summed E-state index contributed by atoms with van der Waals surface area (Å²) in [6.45, 7) is 2.64. The lowest BCUT2D eigenvalue weighted by atomic mass is 9.68. The van der Waals surface area contributed by atoms with E-state index in [1.807, 2.05) is 13.0 Å². The largest absolute Gasteiger partial charge is 0.449 e. The van der Waals surface area contributed by atoms with Gasteiger partial charge in [0.2, 0.25) is 16.0 Å². The Morgan fingerprint density at radius 1 is 1.16 bits per heavy atom. The molecule has 1 N–H and O–H groups in total. The number of piperidine rings is 1. The average Bonchev–Trinajstić information content (AvgIpc) is 2.86. The lowest BCUT2D eigenvalue weighted by Crippen LogP contribution is -2.52. The van der Waals surface area contributed by atoms with Gasteiger partial charge in [0.25, 0.3) is 6.43 Å². The Kier molecular flexibility index (Phi) is 7.03. The molecule has 0 amide bonds. The number of ether oxygens (including phenoxy) is 1. The van der Waals surface area contributed by atoms with Crippen molar-refractivity contribution in [2.45, 2.75) is 56.6 Å². The van der Waals surface area contributed by atoms with Gasteiger partial charge in [0.15, 0.2) is 5.60 Å². The minimum atomic E-state index is -3.22. The van der Waals surface area contributed by atoms with Crippen LogP contribution in [0.15, 0.2) is 42.6 Å². The number of sulfonamides is 1. The standard InChI is InChI=1S/C26H29F2N5O4S/c1-16-12-18-15-29-25(31-20-8-10-33(11-9-20)38(2,35)36)32-21(18)22(30-16)19-13-26(14-19,24(27)28)37-23(34)17-6-4-3-5-7-17/h3-7,12,15,19-20,24H,8-11,13-14H2,1-2H3,(H,29,31,32). The van der Waals surface area contributed by atoms with Crippen LogP contribution in [0.3, 0.4) is 0 Å². The first-order valence-electron chi connectivity index (χ1n) is 12.5. The number of carbonyl (C=O) groups is 1. The number of pyridine rings is 1. The van der Waals surface area contributed by atoms with Crippen molar-refractivity contribution >= 4 is 32.8 Å². The number of aryl methyl sites for hydroxylation is 1. The number of anilines is 1. The number of esters is 1.